The standard InChI is InChI=1S/C26H25NS/c1-5-13-23(14-6-1)21-28(26-19-11-4-12-20-26,22-24-15-7-2-8-16-24)27-25-17-9-3-10-18-25/h1-20,27H,21-22H2. The highest BCUT2D eigenvalue weighted by Gasteiger charge is 2.27. The van der Waals surface area contributed by atoms with Gasteiger partial charge in [-0.3, -0.25) is 0 Å². The second kappa shape index (κ2) is 8.81. The molecule has 1 nitrogen and oxygen atoms in total. The number of rotatable bonds is 7. The summed E-state index contributed by atoms with van der Waals surface area (Å²) in [6.07, 6.45) is 0. The molecule has 140 valence electrons. The van der Waals surface area contributed by atoms with Gasteiger partial charge in [-0.15, -0.1) is 10.2 Å². The van der Waals surface area contributed by atoms with Gasteiger partial charge >= 0.3 is 0 Å². The minimum Gasteiger partial charge on any atom is -0.343 e. The van der Waals surface area contributed by atoms with Crippen LogP contribution in [0.25, 0.3) is 0 Å². The third-order valence-electron chi connectivity index (χ3n) is 4.79. The number of para-hydroxylation sites is 1. The monoisotopic (exact) mass is 383 g/mol. The van der Waals surface area contributed by atoms with Crippen LogP contribution in [0.4, 0.5) is 5.69 Å². The zero-order valence-electron chi connectivity index (χ0n) is 15.9. The summed E-state index contributed by atoms with van der Waals surface area (Å²) in [7, 11) is -1.38. The van der Waals surface area contributed by atoms with E-state index < -0.39 is 10.2 Å². The summed E-state index contributed by atoms with van der Waals surface area (Å²) in [4.78, 5) is 1.38. The Hall–Kier alpha value is -2.97. The Balaban J connectivity index is 1.82. The number of benzene rings is 4. The summed E-state index contributed by atoms with van der Waals surface area (Å²) in [5, 5.41) is 0. The molecule has 4 aromatic carbocycles. The molecular weight excluding hydrogens is 358 g/mol. The van der Waals surface area contributed by atoms with Crippen molar-refractivity contribution in [3.63, 3.8) is 0 Å². The van der Waals surface area contributed by atoms with Gasteiger partial charge in [-0.25, -0.2) is 0 Å². The molecule has 0 bridgehead atoms. The van der Waals surface area contributed by atoms with E-state index in [2.05, 4.69) is 126 Å². The van der Waals surface area contributed by atoms with E-state index in [1.54, 1.807) is 0 Å². The van der Waals surface area contributed by atoms with E-state index in [9.17, 15) is 0 Å². The summed E-state index contributed by atoms with van der Waals surface area (Å²) in [6, 6.07) is 43.2. The van der Waals surface area contributed by atoms with Gasteiger partial charge < -0.3 is 4.72 Å². The summed E-state index contributed by atoms with van der Waals surface area (Å²) >= 11 is 0. The molecule has 0 heterocycles. The molecule has 0 unspecified atom stereocenters. The average Bonchev–Trinajstić information content (AvgIpc) is 2.76. The fourth-order valence-corrected chi connectivity index (χ4v) is 6.97. The van der Waals surface area contributed by atoms with Gasteiger partial charge in [0.2, 0.25) is 0 Å². The Bertz CT molecular complexity index is 868. The largest absolute Gasteiger partial charge is 0.343 e. The topological polar surface area (TPSA) is 12.0 Å². The molecule has 0 aliphatic rings. The molecule has 0 radical (unpaired) electrons. The molecule has 4 rings (SSSR count). The second-order valence-electron chi connectivity index (χ2n) is 6.92. The summed E-state index contributed by atoms with van der Waals surface area (Å²) in [5.74, 6) is 1.98. The Morgan fingerprint density at radius 2 is 0.857 bits per heavy atom. The SMILES string of the molecule is c1ccc(CS(Cc2ccccc2)(Nc2ccccc2)c2ccccc2)cc1. The van der Waals surface area contributed by atoms with Gasteiger partial charge in [0, 0.05) is 22.1 Å². The predicted octanol–water partition coefficient (Wildman–Crippen LogP) is 7.28. The second-order valence-corrected chi connectivity index (χ2v) is 9.94. The molecule has 0 aliphatic heterocycles. The Kier molecular flexibility index (Phi) is 5.79. The van der Waals surface area contributed by atoms with Crippen molar-refractivity contribution in [1.29, 1.82) is 0 Å². The number of anilines is 1. The predicted molar refractivity (Wildman–Crippen MR) is 123 cm³/mol. The van der Waals surface area contributed by atoms with E-state index in [4.69, 9.17) is 0 Å². The summed E-state index contributed by atoms with van der Waals surface area (Å²) in [6.45, 7) is 0. The fourth-order valence-electron chi connectivity index (χ4n) is 3.48. The molecule has 1 N–H and O–H groups in total. The molecule has 2 heteroatoms. The minimum atomic E-state index is -1.38. The number of nitrogens with one attached hydrogen (secondary N) is 1. The normalized spacial score (nSPS) is 11.7. The quantitative estimate of drug-likeness (QED) is 0.353. The highest BCUT2D eigenvalue weighted by molar-refractivity contribution is 8.33. The van der Waals surface area contributed by atoms with Crippen molar-refractivity contribution in [3.8, 4) is 0 Å². The third kappa shape index (κ3) is 4.47. The van der Waals surface area contributed by atoms with E-state index in [-0.39, 0.29) is 0 Å². The number of hydrogen-bond donors (Lipinski definition) is 1. The lowest BCUT2D eigenvalue weighted by Crippen LogP contribution is -2.17. The molecule has 4 aromatic rings. The maximum atomic E-state index is 3.99. The van der Waals surface area contributed by atoms with Crippen LogP contribution in [0.1, 0.15) is 11.1 Å². The van der Waals surface area contributed by atoms with E-state index in [1.807, 2.05) is 0 Å². The van der Waals surface area contributed by atoms with Crippen molar-refractivity contribution in [2.24, 2.45) is 0 Å². The van der Waals surface area contributed by atoms with Crippen LogP contribution in [0.15, 0.2) is 126 Å². The number of hydrogen-bond acceptors (Lipinski definition) is 1. The first-order chi connectivity index (χ1) is 13.8. The molecule has 0 aromatic heterocycles. The van der Waals surface area contributed by atoms with Gasteiger partial charge in [-0.05, 0) is 35.4 Å². The maximum absolute atomic E-state index is 3.99. The highest BCUT2D eigenvalue weighted by atomic mass is 32.3. The molecule has 0 saturated carbocycles. The minimum absolute atomic E-state index is 0.988. The molecule has 0 amide bonds. The molecule has 0 aliphatic carbocycles. The smallest absolute Gasteiger partial charge is 0.0429 e. The highest BCUT2D eigenvalue weighted by Crippen LogP contribution is 2.60. The van der Waals surface area contributed by atoms with Crippen LogP contribution in [-0.2, 0) is 11.5 Å². The zero-order valence-corrected chi connectivity index (χ0v) is 16.7. The van der Waals surface area contributed by atoms with Gasteiger partial charge in [0.15, 0.2) is 0 Å². The lowest BCUT2D eigenvalue weighted by Gasteiger charge is -2.42. The first-order valence-electron chi connectivity index (χ1n) is 9.59. The van der Waals surface area contributed by atoms with Crippen molar-refractivity contribution in [2.75, 3.05) is 4.72 Å². The van der Waals surface area contributed by atoms with E-state index in [0.29, 0.717) is 0 Å². The van der Waals surface area contributed by atoms with Crippen LogP contribution in [0.3, 0.4) is 0 Å². The molecular formula is C26H25NS. The van der Waals surface area contributed by atoms with Gasteiger partial charge in [0.05, 0.1) is 0 Å². The molecule has 0 atom stereocenters. The van der Waals surface area contributed by atoms with Gasteiger partial charge in [-0.1, -0.05) is 97.1 Å². The Morgan fingerprint density at radius 3 is 1.32 bits per heavy atom. The zero-order chi connectivity index (χ0) is 19.1. The van der Waals surface area contributed by atoms with Gasteiger partial charge in [0.25, 0.3) is 0 Å². The van der Waals surface area contributed by atoms with Crippen molar-refractivity contribution >= 4 is 15.9 Å². The molecule has 0 spiro atoms. The molecule has 0 saturated heterocycles. The van der Waals surface area contributed by atoms with Crippen molar-refractivity contribution < 1.29 is 0 Å². The van der Waals surface area contributed by atoms with Crippen LogP contribution < -0.4 is 4.72 Å². The van der Waals surface area contributed by atoms with Crippen LogP contribution >= 0.6 is 10.2 Å². The first-order valence-corrected chi connectivity index (χ1v) is 11.6. The van der Waals surface area contributed by atoms with E-state index in [1.165, 1.54) is 21.7 Å². The van der Waals surface area contributed by atoms with E-state index in [0.717, 1.165) is 11.5 Å². The third-order valence-corrected chi connectivity index (χ3v) is 8.25. The summed E-state index contributed by atoms with van der Waals surface area (Å²) < 4.78 is 3.99. The van der Waals surface area contributed by atoms with E-state index >= 15 is 0 Å². The Labute approximate surface area is 169 Å². The van der Waals surface area contributed by atoms with Crippen molar-refractivity contribution in [3.05, 3.63) is 132 Å². The van der Waals surface area contributed by atoms with Crippen LogP contribution in [0, 0.1) is 0 Å². The maximum Gasteiger partial charge on any atom is 0.0429 e. The molecule has 28 heavy (non-hydrogen) atoms. The Morgan fingerprint density at radius 1 is 0.464 bits per heavy atom. The average molecular weight is 384 g/mol. The lowest BCUT2D eigenvalue weighted by molar-refractivity contribution is 1.26. The van der Waals surface area contributed by atoms with Crippen molar-refractivity contribution in [1.82, 2.24) is 0 Å². The van der Waals surface area contributed by atoms with Crippen LogP contribution in [0.5, 0.6) is 0 Å². The first kappa shape index (κ1) is 18.4. The lowest BCUT2D eigenvalue weighted by atomic mass is 10.2. The molecule has 0 fully saturated rings. The van der Waals surface area contributed by atoms with Crippen LogP contribution in [0.2, 0.25) is 0 Å². The van der Waals surface area contributed by atoms with Gasteiger partial charge in [-0.2, -0.15) is 0 Å². The summed E-state index contributed by atoms with van der Waals surface area (Å²) in [5.41, 5.74) is 3.90. The van der Waals surface area contributed by atoms with Crippen molar-refractivity contribution in [2.45, 2.75) is 16.4 Å². The van der Waals surface area contributed by atoms with Gasteiger partial charge in [0.1, 0.15) is 0 Å². The fraction of sp³-hybridized carbons (Fsp3) is 0.0769. The van der Waals surface area contributed by atoms with Crippen LogP contribution in [-0.4, -0.2) is 0 Å².